The van der Waals surface area contributed by atoms with Gasteiger partial charge in [0.25, 0.3) is 0 Å². The van der Waals surface area contributed by atoms with Gasteiger partial charge in [-0.15, -0.1) is 0 Å². The van der Waals surface area contributed by atoms with Crippen LogP contribution in [0, 0.1) is 0 Å². The number of benzene rings is 1. The van der Waals surface area contributed by atoms with Crippen LogP contribution in [-0.2, 0) is 6.42 Å². The molecule has 0 fully saturated rings. The SMILES string of the molecule is CCCNC(c1ccc(Br)cc1)C1CCc2cccnc21. The predicted molar refractivity (Wildman–Crippen MR) is 90.5 cm³/mol. The molecule has 0 amide bonds. The highest BCUT2D eigenvalue weighted by atomic mass is 79.9. The maximum atomic E-state index is 4.66. The van der Waals surface area contributed by atoms with E-state index < -0.39 is 0 Å². The van der Waals surface area contributed by atoms with Crippen molar-refractivity contribution in [3.05, 3.63) is 63.9 Å². The number of pyridine rings is 1. The fraction of sp³-hybridized carbons (Fsp3) is 0.389. The van der Waals surface area contributed by atoms with E-state index in [-0.39, 0.29) is 0 Å². The summed E-state index contributed by atoms with van der Waals surface area (Å²) in [4.78, 5) is 4.66. The summed E-state index contributed by atoms with van der Waals surface area (Å²) in [5.74, 6) is 0.480. The van der Waals surface area contributed by atoms with E-state index in [4.69, 9.17) is 0 Å². The lowest BCUT2D eigenvalue weighted by molar-refractivity contribution is 0.437. The third-order valence-electron chi connectivity index (χ3n) is 4.25. The average Bonchev–Trinajstić information content (AvgIpc) is 2.93. The van der Waals surface area contributed by atoms with Gasteiger partial charge >= 0.3 is 0 Å². The zero-order chi connectivity index (χ0) is 14.7. The van der Waals surface area contributed by atoms with Gasteiger partial charge < -0.3 is 5.32 Å². The fourth-order valence-corrected chi connectivity index (χ4v) is 3.50. The number of aryl methyl sites for hydroxylation is 1. The van der Waals surface area contributed by atoms with E-state index in [2.05, 4.69) is 69.6 Å². The predicted octanol–water partition coefficient (Wildman–Crippen LogP) is 4.61. The van der Waals surface area contributed by atoms with E-state index in [1.165, 1.54) is 23.2 Å². The Morgan fingerprint density at radius 3 is 2.86 bits per heavy atom. The number of fused-ring (bicyclic) bond motifs is 1. The second-order valence-electron chi connectivity index (χ2n) is 5.68. The van der Waals surface area contributed by atoms with Gasteiger partial charge in [-0.3, -0.25) is 4.98 Å². The molecule has 3 rings (SSSR count). The molecule has 2 nitrogen and oxygen atoms in total. The van der Waals surface area contributed by atoms with Gasteiger partial charge in [0.05, 0.1) is 0 Å². The van der Waals surface area contributed by atoms with Gasteiger partial charge in [0.15, 0.2) is 0 Å². The Labute approximate surface area is 135 Å². The van der Waals surface area contributed by atoms with E-state index in [0.29, 0.717) is 12.0 Å². The zero-order valence-corrected chi connectivity index (χ0v) is 13.9. The zero-order valence-electron chi connectivity index (χ0n) is 12.3. The lowest BCUT2D eigenvalue weighted by Gasteiger charge is -2.25. The third kappa shape index (κ3) is 3.19. The Hall–Kier alpha value is -1.19. The van der Waals surface area contributed by atoms with Crippen molar-refractivity contribution in [2.45, 2.75) is 38.1 Å². The van der Waals surface area contributed by atoms with Crippen LogP contribution < -0.4 is 5.32 Å². The first-order valence-electron chi connectivity index (χ1n) is 7.72. The summed E-state index contributed by atoms with van der Waals surface area (Å²) < 4.78 is 1.13. The van der Waals surface area contributed by atoms with E-state index >= 15 is 0 Å². The number of nitrogens with one attached hydrogen (secondary N) is 1. The molecule has 0 spiro atoms. The largest absolute Gasteiger partial charge is 0.309 e. The Bertz CT molecular complexity index is 594. The van der Waals surface area contributed by atoms with Gasteiger partial charge in [-0.25, -0.2) is 0 Å². The Balaban J connectivity index is 1.91. The molecular formula is C18H21BrN2. The lowest BCUT2D eigenvalue weighted by atomic mass is 9.90. The van der Waals surface area contributed by atoms with Crippen LogP contribution in [0.1, 0.15) is 48.5 Å². The number of nitrogens with zero attached hydrogens (tertiary/aromatic N) is 1. The topological polar surface area (TPSA) is 24.9 Å². The molecule has 0 radical (unpaired) electrons. The van der Waals surface area contributed by atoms with Crippen molar-refractivity contribution in [3.8, 4) is 0 Å². The maximum absolute atomic E-state index is 4.66. The van der Waals surface area contributed by atoms with Crippen molar-refractivity contribution in [1.29, 1.82) is 0 Å². The van der Waals surface area contributed by atoms with E-state index in [9.17, 15) is 0 Å². The summed E-state index contributed by atoms with van der Waals surface area (Å²) >= 11 is 3.52. The molecule has 2 atom stereocenters. The summed E-state index contributed by atoms with van der Waals surface area (Å²) in [7, 11) is 0. The highest BCUT2D eigenvalue weighted by Crippen LogP contribution is 2.40. The Kier molecular flexibility index (Phi) is 4.71. The minimum Gasteiger partial charge on any atom is -0.309 e. The molecule has 0 aliphatic heterocycles. The quantitative estimate of drug-likeness (QED) is 0.856. The standard InChI is InChI=1S/C18H21BrN2/c1-2-11-20-18(14-5-8-15(19)9-6-14)16-10-7-13-4-3-12-21-17(13)16/h3-6,8-9,12,16,18,20H,2,7,10-11H2,1H3. The molecule has 1 heterocycles. The number of hydrogen-bond acceptors (Lipinski definition) is 2. The monoisotopic (exact) mass is 344 g/mol. The summed E-state index contributed by atoms with van der Waals surface area (Å²) in [6, 6.07) is 13.3. The molecule has 1 aliphatic carbocycles. The molecule has 1 aromatic heterocycles. The third-order valence-corrected chi connectivity index (χ3v) is 4.78. The van der Waals surface area contributed by atoms with Crippen molar-refractivity contribution in [1.82, 2.24) is 10.3 Å². The fourth-order valence-electron chi connectivity index (χ4n) is 3.23. The van der Waals surface area contributed by atoms with Crippen molar-refractivity contribution >= 4 is 15.9 Å². The molecule has 3 heteroatoms. The van der Waals surface area contributed by atoms with E-state index in [1.54, 1.807) is 0 Å². The first kappa shape index (κ1) is 14.7. The first-order chi connectivity index (χ1) is 10.3. The van der Waals surface area contributed by atoms with Gasteiger partial charge in [0.2, 0.25) is 0 Å². The van der Waals surface area contributed by atoms with Gasteiger partial charge in [-0.2, -0.15) is 0 Å². The van der Waals surface area contributed by atoms with Crippen LogP contribution in [0.4, 0.5) is 0 Å². The van der Waals surface area contributed by atoms with Gasteiger partial charge in [-0.05, 0) is 55.1 Å². The Morgan fingerprint density at radius 1 is 1.29 bits per heavy atom. The second kappa shape index (κ2) is 6.71. The van der Waals surface area contributed by atoms with Crippen LogP contribution in [-0.4, -0.2) is 11.5 Å². The molecule has 2 unspecified atom stereocenters. The van der Waals surface area contributed by atoms with Crippen LogP contribution in [0.3, 0.4) is 0 Å². The lowest BCUT2D eigenvalue weighted by Crippen LogP contribution is -2.27. The number of aromatic nitrogens is 1. The van der Waals surface area contributed by atoms with Gasteiger partial charge in [0, 0.05) is 28.3 Å². The normalized spacial score (nSPS) is 18.5. The average molecular weight is 345 g/mol. The smallest absolute Gasteiger partial charge is 0.0485 e. The molecule has 1 N–H and O–H groups in total. The highest BCUT2D eigenvalue weighted by molar-refractivity contribution is 9.10. The molecular weight excluding hydrogens is 324 g/mol. The van der Waals surface area contributed by atoms with Crippen molar-refractivity contribution in [2.24, 2.45) is 0 Å². The number of halogens is 1. The molecule has 110 valence electrons. The second-order valence-corrected chi connectivity index (χ2v) is 6.59. The molecule has 2 aromatic rings. The van der Waals surface area contributed by atoms with Crippen LogP contribution in [0.5, 0.6) is 0 Å². The first-order valence-corrected chi connectivity index (χ1v) is 8.51. The van der Waals surface area contributed by atoms with Gasteiger partial charge in [-0.1, -0.05) is 41.1 Å². The summed E-state index contributed by atoms with van der Waals surface area (Å²) in [6.45, 7) is 3.26. The summed E-state index contributed by atoms with van der Waals surface area (Å²) in [6.07, 6.45) is 5.41. The molecule has 1 aromatic carbocycles. The Morgan fingerprint density at radius 2 is 2.10 bits per heavy atom. The van der Waals surface area contributed by atoms with E-state index in [0.717, 1.165) is 23.9 Å². The van der Waals surface area contributed by atoms with Crippen LogP contribution in [0.2, 0.25) is 0 Å². The van der Waals surface area contributed by atoms with E-state index in [1.807, 2.05) is 6.20 Å². The molecule has 1 aliphatic rings. The van der Waals surface area contributed by atoms with Crippen molar-refractivity contribution < 1.29 is 0 Å². The van der Waals surface area contributed by atoms with Crippen LogP contribution in [0.25, 0.3) is 0 Å². The van der Waals surface area contributed by atoms with Gasteiger partial charge in [0.1, 0.15) is 0 Å². The molecule has 0 bridgehead atoms. The van der Waals surface area contributed by atoms with Crippen molar-refractivity contribution in [2.75, 3.05) is 6.54 Å². The minimum atomic E-state index is 0.356. The molecule has 21 heavy (non-hydrogen) atoms. The maximum Gasteiger partial charge on any atom is 0.0485 e. The summed E-state index contributed by atoms with van der Waals surface area (Å²) in [5.41, 5.74) is 4.06. The van der Waals surface area contributed by atoms with Crippen LogP contribution in [0.15, 0.2) is 47.1 Å². The molecule has 0 saturated heterocycles. The molecule has 0 saturated carbocycles. The van der Waals surface area contributed by atoms with Crippen molar-refractivity contribution in [3.63, 3.8) is 0 Å². The number of rotatable bonds is 5. The number of hydrogen-bond donors (Lipinski definition) is 1. The highest BCUT2D eigenvalue weighted by Gasteiger charge is 2.31. The summed E-state index contributed by atoms with van der Waals surface area (Å²) in [5, 5.41) is 3.73. The minimum absolute atomic E-state index is 0.356. The van der Waals surface area contributed by atoms with Crippen LogP contribution >= 0.6 is 15.9 Å².